The number of nitrogens with two attached hydrogens (primary N) is 4. The Morgan fingerprint density at radius 3 is 1.33 bits per heavy atom. The van der Waals surface area contributed by atoms with Crippen molar-refractivity contribution in [2.75, 3.05) is 36.8 Å². The minimum atomic E-state index is -4.67. The van der Waals surface area contributed by atoms with Gasteiger partial charge >= 0.3 is 10.4 Å². The molecule has 0 radical (unpaired) electrons. The third-order valence-electron chi connectivity index (χ3n) is 3.88. The van der Waals surface area contributed by atoms with Gasteiger partial charge in [0.25, 0.3) is 0 Å². The van der Waals surface area contributed by atoms with Gasteiger partial charge in [-0.15, -0.1) is 0 Å². The van der Waals surface area contributed by atoms with E-state index in [1.165, 1.54) is 0 Å². The molecule has 14 N–H and O–H groups in total. The van der Waals surface area contributed by atoms with Crippen molar-refractivity contribution in [2.24, 2.45) is 32.9 Å². The van der Waals surface area contributed by atoms with E-state index in [0.717, 1.165) is 0 Å². The zero-order valence-corrected chi connectivity index (χ0v) is 24.0. The maximum atomic E-state index is 9.56. The van der Waals surface area contributed by atoms with Crippen molar-refractivity contribution in [1.29, 1.82) is 0 Å². The van der Waals surface area contributed by atoms with Crippen LogP contribution in [0.3, 0.4) is 0 Å². The fourth-order valence-corrected chi connectivity index (χ4v) is 2.99. The van der Waals surface area contributed by atoms with E-state index in [2.05, 4.69) is 20.6 Å². The number of nitrogens with one attached hydrogen (secondary N) is 2. The van der Waals surface area contributed by atoms with Gasteiger partial charge in [-0.2, -0.15) is 8.42 Å². The second kappa shape index (κ2) is 18.8. The van der Waals surface area contributed by atoms with Crippen LogP contribution in [-0.2, 0) is 10.4 Å². The average molecular weight is 652 g/mol. The van der Waals surface area contributed by atoms with Crippen LogP contribution in [-0.4, -0.2) is 78.0 Å². The van der Waals surface area contributed by atoms with Gasteiger partial charge in [-0.25, -0.2) is 0 Å². The van der Waals surface area contributed by atoms with Crippen molar-refractivity contribution < 1.29 is 27.7 Å². The Labute approximate surface area is 245 Å². The third kappa shape index (κ3) is 21.1. The highest BCUT2D eigenvalue weighted by Crippen LogP contribution is 2.26. The molecule has 0 aliphatic carbocycles. The van der Waals surface area contributed by atoms with E-state index in [1.54, 1.807) is 36.4 Å². The molecule has 39 heavy (non-hydrogen) atoms. The molecule has 19 heteroatoms. The number of aliphatic hydroxyl groups excluding tert-OH is 2. The van der Waals surface area contributed by atoms with Crippen molar-refractivity contribution in [3.05, 3.63) is 56.5 Å². The summed E-state index contributed by atoms with van der Waals surface area (Å²) in [6.07, 6.45) is -1.40. The van der Waals surface area contributed by atoms with E-state index in [-0.39, 0.29) is 38.1 Å². The fourth-order valence-electron chi connectivity index (χ4n) is 2.27. The highest BCUT2D eigenvalue weighted by molar-refractivity contribution is 7.79. The molecule has 0 amide bonds. The third-order valence-corrected chi connectivity index (χ3v) is 5.01. The molecule has 0 aliphatic rings. The van der Waals surface area contributed by atoms with Crippen molar-refractivity contribution in [1.82, 2.24) is 0 Å². The number of guanidine groups is 2. The van der Waals surface area contributed by atoms with Gasteiger partial charge in [0.2, 0.25) is 0 Å². The topological polar surface area (TPSA) is 268 Å². The Hall–Kier alpha value is -2.47. The molecule has 0 saturated heterocycles. The zero-order valence-electron chi connectivity index (χ0n) is 20.2. The number of halogens is 4. The Balaban J connectivity index is 0.000000632. The number of nitrogens with zero attached hydrogens (tertiary/aromatic N) is 2. The van der Waals surface area contributed by atoms with Crippen LogP contribution >= 0.6 is 46.4 Å². The van der Waals surface area contributed by atoms with Crippen LogP contribution in [0.25, 0.3) is 0 Å². The van der Waals surface area contributed by atoms with Gasteiger partial charge in [-0.3, -0.25) is 19.1 Å². The Kier molecular flexibility index (Phi) is 17.6. The number of aliphatic hydroxyl groups is 2. The molecule has 0 bridgehead atoms. The summed E-state index contributed by atoms with van der Waals surface area (Å²) >= 11 is 23.5. The van der Waals surface area contributed by atoms with Crippen LogP contribution in [0, 0.1) is 0 Å². The van der Waals surface area contributed by atoms with Gasteiger partial charge in [0.05, 0.1) is 46.7 Å². The lowest BCUT2D eigenvalue weighted by molar-refractivity contribution is 0.196. The lowest BCUT2D eigenvalue weighted by atomic mass is 10.3. The predicted molar refractivity (Wildman–Crippen MR) is 157 cm³/mol. The summed E-state index contributed by atoms with van der Waals surface area (Å²) in [5, 5.41) is 27.2. The lowest BCUT2D eigenvalue weighted by Crippen LogP contribution is -2.28. The average Bonchev–Trinajstić information content (AvgIpc) is 2.81. The summed E-state index contributed by atoms with van der Waals surface area (Å²) in [4.78, 5) is 7.40. The number of rotatable bonds is 10. The Morgan fingerprint density at radius 1 is 0.744 bits per heavy atom. The smallest absolute Gasteiger partial charge is 0.389 e. The van der Waals surface area contributed by atoms with Gasteiger partial charge in [0, 0.05) is 23.1 Å². The molecule has 0 aromatic heterocycles. The number of hydrogen-bond donors (Lipinski definition) is 10. The molecule has 14 nitrogen and oxygen atoms in total. The van der Waals surface area contributed by atoms with Crippen molar-refractivity contribution in [3.8, 4) is 0 Å². The molecule has 2 aromatic carbocycles. The minimum absolute atomic E-state index is 0.0511. The first kappa shape index (κ1) is 36.5. The van der Waals surface area contributed by atoms with Crippen LogP contribution in [0.5, 0.6) is 0 Å². The van der Waals surface area contributed by atoms with E-state index in [4.69, 9.17) is 86.9 Å². The highest BCUT2D eigenvalue weighted by atomic mass is 35.5. The molecule has 220 valence electrons. The summed E-state index contributed by atoms with van der Waals surface area (Å²) in [5.41, 5.74) is 21.9. The van der Waals surface area contributed by atoms with Crippen LogP contribution in [0.1, 0.15) is 0 Å². The molecular formula is C20H30Cl4N8O6S. The lowest BCUT2D eigenvalue weighted by Gasteiger charge is -2.12. The number of benzene rings is 2. The number of aliphatic imine (C=N–C) groups is 2. The van der Waals surface area contributed by atoms with Crippen LogP contribution in [0.15, 0.2) is 46.4 Å². The molecule has 0 spiro atoms. The summed E-state index contributed by atoms with van der Waals surface area (Å²) < 4.78 is 31.6. The SMILES string of the molecule is NC(N)=NCC(O)CNc1cc(Cl)ccc1Cl.NC(N)=NCC(O)CNc1cc(Cl)ccc1Cl.O=S(=O)(O)O. The normalized spacial score (nSPS) is 11.9. The standard InChI is InChI=1S/2C10H14Cl2N4O.H2O4S/c2*11-6-1-2-8(12)9(3-6)15-4-7(17)5-16-10(13)14;1-5(2,3)4/h2*1-3,7,15,17H,4-5H2,(H4,13,14,16);(H2,1,2,3,4). The van der Waals surface area contributed by atoms with Crippen LogP contribution < -0.4 is 33.6 Å². The van der Waals surface area contributed by atoms with E-state index in [9.17, 15) is 10.2 Å². The number of anilines is 2. The number of hydrogen-bond acceptors (Lipinski definition) is 8. The maximum absolute atomic E-state index is 9.56. The molecule has 2 rings (SSSR count). The maximum Gasteiger partial charge on any atom is 0.394 e. The first-order chi connectivity index (χ1) is 18.0. The molecule has 0 saturated carbocycles. The quantitative estimate of drug-likeness (QED) is 0.0992. The van der Waals surface area contributed by atoms with E-state index >= 15 is 0 Å². The van der Waals surface area contributed by atoms with E-state index < -0.39 is 22.6 Å². The summed E-state index contributed by atoms with van der Waals surface area (Å²) in [5.74, 6) is -0.102. The summed E-state index contributed by atoms with van der Waals surface area (Å²) in [7, 11) is -4.67. The minimum Gasteiger partial charge on any atom is -0.389 e. The molecule has 0 aliphatic heterocycles. The summed E-state index contributed by atoms with van der Waals surface area (Å²) in [6, 6.07) is 10.1. The van der Waals surface area contributed by atoms with Crippen LogP contribution in [0.2, 0.25) is 20.1 Å². The highest BCUT2D eigenvalue weighted by Gasteiger charge is 2.07. The summed E-state index contributed by atoms with van der Waals surface area (Å²) in [6.45, 7) is 0.814. The fraction of sp³-hybridized carbons (Fsp3) is 0.300. The largest absolute Gasteiger partial charge is 0.394 e. The first-order valence-electron chi connectivity index (χ1n) is 10.5. The van der Waals surface area contributed by atoms with E-state index in [0.29, 0.717) is 31.5 Å². The molecule has 2 unspecified atom stereocenters. The molecule has 2 aromatic rings. The van der Waals surface area contributed by atoms with Gasteiger partial charge in [-0.05, 0) is 36.4 Å². The van der Waals surface area contributed by atoms with Crippen molar-refractivity contribution >= 4 is 80.1 Å². The Bertz CT molecular complexity index is 1110. The molecule has 2 atom stereocenters. The van der Waals surface area contributed by atoms with Crippen molar-refractivity contribution in [3.63, 3.8) is 0 Å². The van der Waals surface area contributed by atoms with Gasteiger partial charge in [0.1, 0.15) is 0 Å². The van der Waals surface area contributed by atoms with Gasteiger partial charge < -0.3 is 43.8 Å². The molecular weight excluding hydrogens is 622 g/mol. The predicted octanol–water partition coefficient (Wildman–Crippen LogP) is 1.43. The second-order valence-corrected chi connectivity index (χ2v) is 9.88. The second-order valence-electron chi connectivity index (χ2n) is 7.30. The zero-order chi connectivity index (χ0) is 30.2. The van der Waals surface area contributed by atoms with E-state index in [1.807, 2.05) is 0 Å². The monoisotopic (exact) mass is 650 g/mol. The molecule has 0 fully saturated rings. The van der Waals surface area contributed by atoms with Gasteiger partial charge in [0.15, 0.2) is 11.9 Å². The van der Waals surface area contributed by atoms with Crippen molar-refractivity contribution in [2.45, 2.75) is 12.2 Å². The molecule has 0 heterocycles. The first-order valence-corrected chi connectivity index (χ1v) is 13.4. The van der Waals surface area contributed by atoms with Gasteiger partial charge in [-0.1, -0.05) is 46.4 Å². The van der Waals surface area contributed by atoms with Crippen LogP contribution in [0.4, 0.5) is 11.4 Å². The Morgan fingerprint density at radius 2 is 1.05 bits per heavy atom.